The lowest BCUT2D eigenvalue weighted by molar-refractivity contribution is -0.384. The number of hydrogen-bond acceptors (Lipinski definition) is 5. The van der Waals surface area contributed by atoms with E-state index >= 15 is 0 Å². The smallest absolute Gasteiger partial charge is 0.288 e. The number of nitriles is 1. The third-order valence-corrected chi connectivity index (χ3v) is 3.84. The van der Waals surface area contributed by atoms with Crippen LogP contribution in [0.2, 0.25) is 0 Å². The molecule has 0 aromatic heterocycles. The van der Waals surface area contributed by atoms with E-state index in [1.54, 1.807) is 6.07 Å². The molecule has 0 atom stereocenters. The maximum Gasteiger partial charge on any atom is 0.288 e. The van der Waals surface area contributed by atoms with Gasteiger partial charge in [0.05, 0.1) is 4.92 Å². The summed E-state index contributed by atoms with van der Waals surface area (Å²) in [7, 11) is 0. The van der Waals surface area contributed by atoms with Crippen LogP contribution in [-0.4, -0.2) is 16.6 Å². The Morgan fingerprint density at radius 3 is 2.31 bits per heavy atom. The summed E-state index contributed by atoms with van der Waals surface area (Å²) in [6.07, 6.45) is 1.29. The summed E-state index contributed by atoms with van der Waals surface area (Å²) in [5.74, 6) is -3.22. The summed E-state index contributed by atoms with van der Waals surface area (Å²) >= 11 is 0.384. The van der Waals surface area contributed by atoms with Crippen molar-refractivity contribution in [2.24, 2.45) is 0 Å². The highest BCUT2D eigenvalue weighted by Gasteiger charge is 2.11. The van der Waals surface area contributed by atoms with E-state index in [4.69, 9.17) is 5.26 Å². The number of nitro benzene ring substituents is 1. The molecule has 0 aliphatic heterocycles. The van der Waals surface area contributed by atoms with E-state index in [2.05, 4.69) is 5.32 Å². The molecule has 0 saturated heterocycles. The molecule has 0 radical (unpaired) electrons. The first kappa shape index (κ1) is 19.1. The van der Waals surface area contributed by atoms with Gasteiger partial charge in [-0.15, -0.1) is 0 Å². The molecule has 0 aliphatic rings. The number of rotatable bonds is 6. The number of amides is 1. The first-order chi connectivity index (χ1) is 12.4. The average molecular weight is 375 g/mol. The Labute approximate surface area is 151 Å². The SMILES string of the molecule is N#C/C(=C/c1ccc([N+](=O)[O-])cc1)C(=O)Nc1ccc(SC(F)F)cc1. The number of carbonyl (C=O) groups is 1. The Kier molecular flexibility index (Phi) is 6.41. The van der Waals surface area contributed by atoms with Crippen LogP contribution < -0.4 is 5.32 Å². The maximum absolute atomic E-state index is 12.3. The lowest BCUT2D eigenvalue weighted by Crippen LogP contribution is -2.13. The van der Waals surface area contributed by atoms with Crippen molar-refractivity contribution in [2.75, 3.05) is 5.32 Å². The molecule has 1 amide bonds. The van der Waals surface area contributed by atoms with Gasteiger partial charge in [-0.25, -0.2) is 0 Å². The van der Waals surface area contributed by atoms with E-state index in [9.17, 15) is 23.7 Å². The number of halogens is 2. The molecule has 0 spiro atoms. The van der Waals surface area contributed by atoms with Gasteiger partial charge in [0.2, 0.25) is 0 Å². The van der Waals surface area contributed by atoms with Crippen molar-refractivity contribution in [3.8, 4) is 6.07 Å². The largest absolute Gasteiger partial charge is 0.321 e. The molecule has 1 N–H and O–H groups in total. The summed E-state index contributed by atoms with van der Waals surface area (Å²) in [6.45, 7) is 0. The predicted molar refractivity (Wildman–Crippen MR) is 93.6 cm³/mol. The molecular formula is C17H11F2N3O3S. The maximum atomic E-state index is 12.3. The summed E-state index contributed by atoms with van der Waals surface area (Å²) in [4.78, 5) is 22.6. The monoisotopic (exact) mass is 375 g/mol. The highest BCUT2D eigenvalue weighted by molar-refractivity contribution is 7.99. The Morgan fingerprint density at radius 1 is 1.19 bits per heavy atom. The fourth-order valence-electron chi connectivity index (χ4n) is 1.93. The molecule has 132 valence electrons. The third-order valence-electron chi connectivity index (χ3n) is 3.12. The van der Waals surface area contributed by atoms with Gasteiger partial charge in [0.1, 0.15) is 11.6 Å². The molecule has 6 nitrogen and oxygen atoms in total. The minimum Gasteiger partial charge on any atom is -0.321 e. The highest BCUT2D eigenvalue weighted by atomic mass is 32.2. The van der Waals surface area contributed by atoms with Crippen molar-refractivity contribution < 1.29 is 18.5 Å². The average Bonchev–Trinajstić information content (AvgIpc) is 2.61. The normalized spacial score (nSPS) is 11.1. The van der Waals surface area contributed by atoms with Gasteiger partial charge in [0.25, 0.3) is 17.4 Å². The van der Waals surface area contributed by atoms with E-state index in [0.29, 0.717) is 27.9 Å². The minimum atomic E-state index is -2.54. The van der Waals surface area contributed by atoms with Crippen LogP contribution in [0.1, 0.15) is 5.56 Å². The number of carbonyl (C=O) groups excluding carboxylic acids is 1. The van der Waals surface area contributed by atoms with Crippen LogP contribution in [-0.2, 0) is 4.79 Å². The first-order valence-electron chi connectivity index (χ1n) is 7.11. The molecule has 0 heterocycles. The molecule has 26 heavy (non-hydrogen) atoms. The lowest BCUT2D eigenvalue weighted by Gasteiger charge is -2.06. The number of hydrogen-bond donors (Lipinski definition) is 1. The van der Waals surface area contributed by atoms with Crippen molar-refractivity contribution in [3.63, 3.8) is 0 Å². The minimum absolute atomic E-state index is 0.105. The summed E-state index contributed by atoms with van der Waals surface area (Å²) in [6, 6.07) is 12.9. The quantitative estimate of drug-likeness (QED) is 0.264. The number of anilines is 1. The van der Waals surface area contributed by atoms with Crippen LogP contribution in [0.15, 0.2) is 59.0 Å². The van der Waals surface area contributed by atoms with E-state index in [1.807, 2.05) is 0 Å². The fourth-order valence-corrected chi connectivity index (χ4v) is 2.42. The molecule has 0 bridgehead atoms. The Bertz CT molecular complexity index is 876. The Balaban J connectivity index is 2.10. The summed E-state index contributed by atoms with van der Waals surface area (Å²) in [5.41, 5.74) is 0.487. The second kappa shape index (κ2) is 8.73. The van der Waals surface area contributed by atoms with Gasteiger partial charge in [0, 0.05) is 22.7 Å². The molecule has 0 fully saturated rings. The number of alkyl halides is 2. The first-order valence-corrected chi connectivity index (χ1v) is 7.99. The van der Waals surface area contributed by atoms with E-state index in [-0.39, 0.29) is 11.3 Å². The molecule has 2 aromatic rings. The van der Waals surface area contributed by atoms with Crippen LogP contribution in [0.5, 0.6) is 0 Å². The fraction of sp³-hybridized carbons (Fsp3) is 0.0588. The number of nitro groups is 1. The van der Waals surface area contributed by atoms with Crippen molar-refractivity contribution in [1.29, 1.82) is 5.26 Å². The number of thioether (sulfide) groups is 1. The molecule has 2 aromatic carbocycles. The Hall–Kier alpha value is -3.25. The standard InChI is InChI=1S/C17H11F2N3O3S/c18-17(19)26-15-7-3-13(4-8-15)21-16(23)12(10-20)9-11-1-5-14(6-2-11)22(24)25/h1-9,17H,(H,21,23)/b12-9-. The van der Waals surface area contributed by atoms with Gasteiger partial charge in [-0.05, 0) is 48.0 Å². The second-order valence-electron chi connectivity index (χ2n) is 4.88. The van der Waals surface area contributed by atoms with Crippen LogP contribution in [0.25, 0.3) is 6.08 Å². The molecular weight excluding hydrogens is 364 g/mol. The number of benzene rings is 2. The highest BCUT2D eigenvalue weighted by Crippen LogP contribution is 2.26. The van der Waals surface area contributed by atoms with E-state index < -0.39 is 16.6 Å². The van der Waals surface area contributed by atoms with Crippen LogP contribution in [0, 0.1) is 21.4 Å². The zero-order valence-corrected chi connectivity index (χ0v) is 13.9. The number of non-ortho nitro benzene ring substituents is 1. The van der Waals surface area contributed by atoms with Crippen molar-refractivity contribution in [3.05, 3.63) is 69.8 Å². The molecule has 0 unspecified atom stereocenters. The number of nitrogens with zero attached hydrogens (tertiary/aromatic N) is 2. The zero-order chi connectivity index (χ0) is 19.1. The summed E-state index contributed by atoms with van der Waals surface area (Å²) in [5, 5.41) is 22.3. The summed E-state index contributed by atoms with van der Waals surface area (Å²) < 4.78 is 24.5. The van der Waals surface area contributed by atoms with Crippen LogP contribution >= 0.6 is 11.8 Å². The topological polar surface area (TPSA) is 96.0 Å². The van der Waals surface area contributed by atoms with E-state index in [1.165, 1.54) is 54.6 Å². The second-order valence-corrected chi connectivity index (χ2v) is 5.94. The molecule has 0 aliphatic carbocycles. The van der Waals surface area contributed by atoms with Crippen molar-refractivity contribution in [1.82, 2.24) is 0 Å². The van der Waals surface area contributed by atoms with Gasteiger partial charge < -0.3 is 5.32 Å². The lowest BCUT2D eigenvalue weighted by atomic mass is 10.1. The van der Waals surface area contributed by atoms with E-state index in [0.717, 1.165) is 0 Å². The van der Waals surface area contributed by atoms with Gasteiger partial charge >= 0.3 is 0 Å². The molecule has 0 saturated carbocycles. The van der Waals surface area contributed by atoms with Crippen LogP contribution in [0.3, 0.4) is 0 Å². The van der Waals surface area contributed by atoms with Crippen molar-refractivity contribution in [2.45, 2.75) is 10.7 Å². The predicted octanol–water partition coefficient (Wildman–Crippen LogP) is 4.46. The third kappa shape index (κ3) is 5.39. The molecule has 2 rings (SSSR count). The number of nitrogens with one attached hydrogen (secondary N) is 1. The molecule has 9 heteroatoms. The van der Waals surface area contributed by atoms with Gasteiger partial charge in [-0.3, -0.25) is 14.9 Å². The van der Waals surface area contributed by atoms with Gasteiger partial charge in [-0.2, -0.15) is 14.0 Å². The van der Waals surface area contributed by atoms with Gasteiger partial charge in [0.15, 0.2) is 0 Å². The Morgan fingerprint density at radius 2 is 1.81 bits per heavy atom. The zero-order valence-electron chi connectivity index (χ0n) is 13.1. The van der Waals surface area contributed by atoms with Gasteiger partial charge in [-0.1, -0.05) is 11.8 Å². The van der Waals surface area contributed by atoms with Crippen molar-refractivity contribution >= 4 is 35.1 Å². The van der Waals surface area contributed by atoms with Crippen LogP contribution in [0.4, 0.5) is 20.2 Å².